The van der Waals surface area contributed by atoms with Crippen LogP contribution < -0.4 is 82.1 Å². The van der Waals surface area contributed by atoms with E-state index < -0.39 is 7.54 Å². The van der Waals surface area contributed by atoms with Crippen LogP contribution >= 0.6 is 15.9 Å². The molecule has 2 saturated heterocycles. The summed E-state index contributed by atoms with van der Waals surface area (Å²) in [6.45, 7) is 4.69. The van der Waals surface area contributed by atoms with Crippen molar-refractivity contribution in [2.75, 3.05) is 102 Å². The van der Waals surface area contributed by atoms with Crippen LogP contribution in [-0.4, -0.2) is 130 Å². The maximum absolute atomic E-state index is 12.7. The number of hydrogen-bond donors (Lipinski definition) is 4. The van der Waals surface area contributed by atoms with Crippen molar-refractivity contribution >= 4 is 70.2 Å². The fourth-order valence-corrected chi connectivity index (χ4v) is 6.91. The molecule has 4 heterocycles. The van der Waals surface area contributed by atoms with Gasteiger partial charge in [0.2, 0.25) is 11.9 Å². The van der Waals surface area contributed by atoms with Crippen molar-refractivity contribution in [2.24, 2.45) is 0 Å². The summed E-state index contributed by atoms with van der Waals surface area (Å²) >= 11 is 3.38. The molecule has 64 heavy (non-hydrogen) atoms. The molecule has 0 atom stereocenters. The topological polar surface area (TPSA) is 177 Å². The molecule has 2 aromatic carbocycles. The average molecular weight is 984 g/mol. The molecule has 342 valence electrons. The van der Waals surface area contributed by atoms with Gasteiger partial charge in [0.25, 0.3) is 11.8 Å². The number of carbonyl (C=O) groups excluding carboxylic acids is 2. The first kappa shape index (κ1) is 52.9. The van der Waals surface area contributed by atoms with Crippen LogP contribution in [0.2, 0.25) is 0 Å². The van der Waals surface area contributed by atoms with Gasteiger partial charge in [-0.3, -0.25) is 22.5 Å². The second kappa shape index (κ2) is 27.6. The second-order valence-corrected chi connectivity index (χ2v) is 15.4. The van der Waals surface area contributed by atoms with E-state index in [-0.39, 0.29) is 64.6 Å². The Morgan fingerprint density at radius 2 is 1.14 bits per heavy atom. The zero-order valence-corrected chi connectivity index (χ0v) is 41.7. The quantitative estimate of drug-likeness (QED) is 0.147. The van der Waals surface area contributed by atoms with Crippen LogP contribution in [0.25, 0.3) is 0 Å². The van der Waals surface area contributed by atoms with Gasteiger partial charge >= 0.3 is 58.9 Å². The predicted molar refractivity (Wildman–Crippen MR) is 242 cm³/mol. The molecule has 4 aliphatic rings. The number of amides is 2. The number of morpholine rings is 2. The molecule has 2 aliphatic heterocycles. The van der Waals surface area contributed by atoms with Gasteiger partial charge in [-0.2, -0.15) is 9.97 Å². The first-order valence-corrected chi connectivity index (χ1v) is 21.7. The van der Waals surface area contributed by atoms with Crippen molar-refractivity contribution < 1.29 is 94.3 Å². The Labute approximate surface area is 425 Å². The summed E-state index contributed by atoms with van der Waals surface area (Å²) in [7, 11) is 3.14. The number of carbonyl (C=O) groups is 2. The average Bonchev–Trinajstić information content (AvgIpc) is 3.26. The Balaban J connectivity index is 0.000000288. The first-order valence-electron chi connectivity index (χ1n) is 20.9. The normalized spacial score (nSPS) is 15.2. The van der Waals surface area contributed by atoms with E-state index >= 15 is 0 Å². The van der Waals surface area contributed by atoms with Gasteiger partial charge in [0.15, 0.2) is 0 Å². The monoisotopic (exact) mass is 982 g/mol. The van der Waals surface area contributed by atoms with Crippen LogP contribution in [0.3, 0.4) is 0 Å². The summed E-state index contributed by atoms with van der Waals surface area (Å²) in [5.74, 6) is 4.04. The number of nitrogens with one attached hydrogen (secondary N) is 4. The van der Waals surface area contributed by atoms with E-state index in [1.165, 1.54) is 50.5 Å². The van der Waals surface area contributed by atoms with E-state index in [4.69, 9.17) is 18.9 Å². The minimum absolute atomic E-state index is 0. The number of aromatic nitrogens is 4. The summed E-state index contributed by atoms with van der Waals surface area (Å²) in [5.41, 5.74) is 3.72. The van der Waals surface area contributed by atoms with Crippen molar-refractivity contribution in [3.05, 3.63) is 70.0 Å². The van der Waals surface area contributed by atoms with Crippen LogP contribution in [0.1, 0.15) is 78.6 Å². The largest absolute Gasteiger partial charge is 1.00 e. The zero-order chi connectivity index (χ0) is 45.1. The van der Waals surface area contributed by atoms with Crippen LogP contribution in [0.5, 0.6) is 11.5 Å². The van der Waals surface area contributed by atoms with Crippen LogP contribution in [-0.2, 0) is 9.47 Å². The van der Waals surface area contributed by atoms with Gasteiger partial charge in [0, 0.05) is 69.4 Å². The molecule has 0 unspecified atom stereocenters. The van der Waals surface area contributed by atoms with Gasteiger partial charge in [-0.1, -0.05) is 32.1 Å². The fourth-order valence-electron chi connectivity index (χ4n) is 6.52. The molecule has 0 spiro atoms. The van der Waals surface area contributed by atoms with E-state index in [1.54, 1.807) is 67.6 Å². The van der Waals surface area contributed by atoms with Crippen molar-refractivity contribution in [1.29, 1.82) is 0 Å². The number of halogens is 4. The third-order valence-electron chi connectivity index (χ3n) is 10.6. The number of hydrogen-bond acceptors (Lipinski definition) is 14. The molecule has 2 aromatic heterocycles. The molecule has 2 saturated carbocycles. The smallest absolute Gasteiger partial charge is 1.00 e. The number of methoxy groups -OCH3 is 2. The zero-order valence-electron chi connectivity index (χ0n) is 38.0. The van der Waals surface area contributed by atoms with E-state index in [0.29, 0.717) is 110 Å². The number of ether oxygens (including phenoxy) is 4. The molecule has 2 amide bonds. The number of anilines is 6. The molecule has 2 aliphatic carbocycles. The van der Waals surface area contributed by atoms with Gasteiger partial charge in [-0.25, -0.2) is 9.97 Å². The van der Waals surface area contributed by atoms with E-state index in [9.17, 15) is 22.5 Å². The summed E-state index contributed by atoms with van der Waals surface area (Å²) in [6, 6.07) is 10.6. The molecule has 0 radical (unpaired) electrons. The third kappa shape index (κ3) is 15.7. The molecule has 22 heteroatoms. The Hall–Kier alpha value is -3.77. The number of benzene rings is 2. The van der Waals surface area contributed by atoms with E-state index in [1.807, 2.05) is 19.3 Å². The second-order valence-electron chi connectivity index (χ2n) is 14.6. The van der Waals surface area contributed by atoms with Crippen molar-refractivity contribution in [3.63, 3.8) is 0 Å². The van der Waals surface area contributed by atoms with Crippen LogP contribution in [0.4, 0.5) is 47.9 Å². The molecule has 16 nitrogen and oxygen atoms in total. The first-order chi connectivity index (χ1) is 30.5. The van der Waals surface area contributed by atoms with Gasteiger partial charge in [0.1, 0.15) is 23.1 Å². The van der Waals surface area contributed by atoms with Gasteiger partial charge in [-0.05, 0) is 71.1 Å². The molecule has 4 aromatic rings. The summed E-state index contributed by atoms with van der Waals surface area (Å²) < 4.78 is 51.3. The molecule has 0 bridgehead atoms. The number of rotatable bonds is 11. The minimum atomic E-state index is -3.67. The van der Waals surface area contributed by atoms with Gasteiger partial charge in [0.05, 0.1) is 56.5 Å². The Kier molecular flexibility index (Phi) is 22.8. The van der Waals surface area contributed by atoms with Crippen molar-refractivity contribution in [1.82, 2.24) is 29.7 Å². The minimum Gasteiger partial charge on any atom is -1.00 e. The number of nitrogens with zero attached hydrogens (tertiary/aromatic N) is 6. The molecule has 4 N–H and O–H groups in total. The SMILES string of the molecule is C1CCC1.CNc1nc(Nc2ccc(C(=O)N3CCOCC3)cc2OC)ncc1Br.CNc1nc(Nc2ccc(C(=O)N3CCOCC3)cc2OC)ncc1C1CCC1.FB(F)F.[H-].[K+]. The molecular weight excluding hydrogens is 927 g/mol. The molecule has 8 rings (SSSR count). The van der Waals surface area contributed by atoms with Gasteiger partial charge in [-0.15, -0.1) is 0 Å². The standard InChI is InChI=1S/C21H27N5O3.C17H20BrN5O3.C4H8.BF3.K.H/c1-22-19-16(14-4-3-5-14)13-23-21(25-19)24-17-7-6-15(12-18(17)28-2)20(27)26-8-10-29-11-9-26;1-19-15-12(18)10-20-17(22-15)21-13-4-3-11(9-14(13)25-2)16(24)23-5-7-26-8-6-23;1-2-4-3-1;2-1(3)4;;/h6-7,12-14H,3-5,8-11H2,1-2H3,(H2,22,23,24,25);3-4,9-10H,5-8H2,1-2H3,(H2,19,20,21,22);1-4H2;;;/q;;;;+1;-1. The Bertz CT molecular complexity index is 2100. The Morgan fingerprint density at radius 1 is 0.719 bits per heavy atom. The van der Waals surface area contributed by atoms with Crippen molar-refractivity contribution in [2.45, 2.75) is 50.9 Å². The third-order valence-corrected chi connectivity index (χ3v) is 11.1. The predicted octanol–water partition coefficient (Wildman–Crippen LogP) is 5.07. The van der Waals surface area contributed by atoms with Crippen LogP contribution in [0.15, 0.2) is 53.3 Å². The summed E-state index contributed by atoms with van der Waals surface area (Å²) in [6.07, 6.45) is 13.2. The van der Waals surface area contributed by atoms with E-state index in [0.717, 1.165) is 10.3 Å². The Morgan fingerprint density at radius 3 is 1.52 bits per heavy atom. The molecular formula is C42H56BBrF3KN10O6. The van der Waals surface area contributed by atoms with E-state index in [2.05, 4.69) is 57.1 Å². The van der Waals surface area contributed by atoms with Crippen molar-refractivity contribution in [3.8, 4) is 11.5 Å². The molecule has 4 fully saturated rings. The fraction of sp³-hybridized carbons (Fsp3) is 0.476. The van der Waals surface area contributed by atoms with Gasteiger partial charge < -0.3 is 51.4 Å². The summed E-state index contributed by atoms with van der Waals surface area (Å²) in [4.78, 5) is 46.6. The maximum Gasteiger partial charge on any atom is 1.00 e. The summed E-state index contributed by atoms with van der Waals surface area (Å²) in [5, 5.41) is 12.5. The van der Waals surface area contributed by atoms with Crippen LogP contribution in [0, 0.1) is 0 Å². The maximum atomic E-state index is 12.7.